The Morgan fingerprint density at radius 3 is 2.21 bits per heavy atom. The maximum absolute atomic E-state index is 10.3. The molecule has 0 spiro atoms. The molecule has 2 aliphatic rings. The molecule has 0 amide bonds. The summed E-state index contributed by atoms with van der Waals surface area (Å²) >= 11 is 0. The molecule has 298 valence electrons. The minimum Gasteiger partial charge on any atom is -0.507 e. The quantitative estimate of drug-likeness (QED) is 0.0817. The number of phenolic OH excluding ortho intramolecular Hbond substituents is 1. The number of aromatic hydroxyl groups is 1. The SMILES string of the molecule is CC#CC#CCB=NC.CCCCCc1cc(O)c2c(c1)OC(C)(CCC=C(C)C)C=C2.CCCCCc1cc(OC)c2c(c1)OC(C)(C)c1ccc(C)cc1-2. The van der Waals surface area contributed by atoms with Crippen molar-refractivity contribution < 1.29 is 19.3 Å². The molecule has 0 fully saturated rings. The number of rotatable bonds is 13. The second-order valence-electron chi connectivity index (χ2n) is 15.7. The largest absolute Gasteiger partial charge is 0.507 e. The van der Waals surface area contributed by atoms with Gasteiger partial charge in [0.15, 0.2) is 0 Å². The molecular formula is C50H66BNO4. The van der Waals surface area contributed by atoms with Gasteiger partial charge in [0.2, 0.25) is 0 Å². The number of hydrogen-bond acceptors (Lipinski definition) is 5. The molecule has 3 aromatic carbocycles. The van der Waals surface area contributed by atoms with Crippen LogP contribution in [0, 0.1) is 30.6 Å². The van der Waals surface area contributed by atoms with Gasteiger partial charge in [0.1, 0.15) is 34.2 Å². The van der Waals surface area contributed by atoms with Crippen LogP contribution < -0.4 is 14.2 Å². The summed E-state index contributed by atoms with van der Waals surface area (Å²) in [7, 11) is 5.23. The molecule has 0 bridgehead atoms. The fourth-order valence-corrected chi connectivity index (χ4v) is 6.86. The van der Waals surface area contributed by atoms with Gasteiger partial charge in [-0.15, -0.1) is 0 Å². The Morgan fingerprint density at radius 2 is 1.59 bits per heavy atom. The van der Waals surface area contributed by atoms with Crippen LogP contribution in [0.4, 0.5) is 0 Å². The third-order valence-electron chi connectivity index (χ3n) is 9.91. The average molecular weight is 756 g/mol. The summed E-state index contributed by atoms with van der Waals surface area (Å²) in [6.07, 6.45) is 18.3. The maximum atomic E-state index is 10.3. The van der Waals surface area contributed by atoms with Crippen molar-refractivity contribution in [3.63, 3.8) is 0 Å². The minimum absolute atomic E-state index is 0.298. The molecule has 1 N–H and O–H groups in total. The molecule has 2 heterocycles. The Labute approximate surface area is 340 Å². The fourth-order valence-electron chi connectivity index (χ4n) is 6.86. The first-order valence-corrected chi connectivity index (χ1v) is 20.5. The van der Waals surface area contributed by atoms with Gasteiger partial charge >= 0.3 is 55.9 Å². The third kappa shape index (κ3) is 13.8. The first-order valence-electron chi connectivity index (χ1n) is 20.5. The van der Waals surface area contributed by atoms with Crippen molar-refractivity contribution in [1.29, 1.82) is 0 Å². The zero-order chi connectivity index (χ0) is 41.1. The third-order valence-corrected chi connectivity index (χ3v) is 9.91. The van der Waals surface area contributed by atoms with Crippen LogP contribution in [0.1, 0.15) is 135 Å². The van der Waals surface area contributed by atoms with E-state index in [1.54, 1.807) is 28.2 Å². The van der Waals surface area contributed by atoms with Gasteiger partial charge < -0.3 is 19.3 Å². The summed E-state index contributed by atoms with van der Waals surface area (Å²) in [5.41, 5.74) is 8.78. The first-order chi connectivity index (χ1) is 26.8. The number of aryl methyl sites for hydroxylation is 3. The van der Waals surface area contributed by atoms with Crippen LogP contribution in [0.25, 0.3) is 17.2 Å². The van der Waals surface area contributed by atoms with Gasteiger partial charge in [-0.3, -0.25) is 0 Å². The molecule has 0 aliphatic carbocycles. The van der Waals surface area contributed by atoms with E-state index in [-0.39, 0.29) is 11.2 Å². The smallest absolute Gasteiger partial charge is 0.132 e. The van der Waals surface area contributed by atoms with Crippen molar-refractivity contribution in [3.8, 4) is 57.8 Å². The number of unbranched alkanes of at least 4 members (excludes halogenated alkanes) is 4. The molecule has 2 aliphatic heterocycles. The Balaban J connectivity index is 0.000000248. The zero-order valence-electron chi connectivity index (χ0n) is 36.2. The van der Waals surface area contributed by atoms with E-state index in [4.69, 9.17) is 14.2 Å². The van der Waals surface area contributed by atoms with Crippen LogP contribution in [0.3, 0.4) is 0 Å². The topological polar surface area (TPSA) is 60.3 Å². The van der Waals surface area contributed by atoms with Crippen LogP contribution in [-0.2, 0) is 18.4 Å². The molecule has 0 radical (unpaired) electrons. The molecule has 56 heavy (non-hydrogen) atoms. The van der Waals surface area contributed by atoms with Gasteiger partial charge in [-0.25, -0.2) is 0 Å². The molecule has 5 rings (SSSR count). The van der Waals surface area contributed by atoms with E-state index in [1.807, 2.05) is 12.1 Å². The number of benzene rings is 3. The van der Waals surface area contributed by atoms with Gasteiger partial charge in [0, 0.05) is 5.56 Å². The molecule has 1 unspecified atom stereocenters. The van der Waals surface area contributed by atoms with E-state index < -0.39 is 0 Å². The van der Waals surface area contributed by atoms with E-state index >= 15 is 0 Å². The van der Waals surface area contributed by atoms with Crippen molar-refractivity contribution in [2.75, 3.05) is 14.2 Å². The summed E-state index contributed by atoms with van der Waals surface area (Å²) in [6.45, 7) is 19.0. The van der Waals surface area contributed by atoms with Crippen LogP contribution in [-0.4, -0.2) is 31.9 Å². The molecule has 1 atom stereocenters. The van der Waals surface area contributed by atoms with E-state index in [1.165, 1.54) is 59.9 Å². The van der Waals surface area contributed by atoms with Gasteiger partial charge in [-0.05, 0) is 133 Å². The van der Waals surface area contributed by atoms with Gasteiger partial charge in [0.25, 0.3) is 0 Å². The predicted octanol–water partition coefficient (Wildman–Crippen LogP) is 13.0. The van der Waals surface area contributed by atoms with Crippen molar-refractivity contribution >= 4 is 13.1 Å². The van der Waals surface area contributed by atoms with Gasteiger partial charge in [0.05, 0.1) is 18.2 Å². The van der Waals surface area contributed by atoms with Crippen LogP contribution in [0.2, 0.25) is 6.32 Å². The molecule has 0 saturated heterocycles. The number of methoxy groups -OCH3 is 1. The van der Waals surface area contributed by atoms with Crippen molar-refractivity contribution in [3.05, 3.63) is 88.0 Å². The number of allylic oxidation sites excluding steroid dienone is 2. The normalized spacial score (nSPS) is 15.1. The van der Waals surface area contributed by atoms with Crippen molar-refractivity contribution in [1.82, 2.24) is 0 Å². The number of phenols is 1. The van der Waals surface area contributed by atoms with Crippen LogP contribution in [0.5, 0.6) is 23.0 Å². The van der Waals surface area contributed by atoms with Gasteiger partial charge in [-0.2, -0.15) is 0 Å². The molecule has 0 saturated carbocycles. The predicted molar refractivity (Wildman–Crippen MR) is 238 cm³/mol. The second kappa shape index (κ2) is 22.8. The summed E-state index contributed by atoms with van der Waals surface area (Å²) in [5.74, 6) is 13.8. The van der Waals surface area contributed by atoms with E-state index in [0.717, 1.165) is 66.0 Å². The fraction of sp³-hybridized carbons (Fsp3) is 0.480. The molecule has 0 aromatic heterocycles. The Morgan fingerprint density at radius 1 is 0.911 bits per heavy atom. The Hall–Kier alpha value is -4.68. The number of hydrogen-bond donors (Lipinski definition) is 1. The molecule has 6 heteroatoms. The van der Waals surface area contributed by atoms with Crippen LogP contribution in [0.15, 0.2) is 65.1 Å². The number of ether oxygens (including phenoxy) is 3. The molecule has 3 aromatic rings. The first kappa shape index (κ1) is 45.7. The number of nitrogens with zero attached hydrogens (tertiary/aromatic N) is 1. The maximum Gasteiger partial charge on any atom is 0.132 e. The monoisotopic (exact) mass is 756 g/mol. The van der Waals surface area contributed by atoms with Crippen LogP contribution >= 0.6 is 0 Å². The summed E-state index contributed by atoms with van der Waals surface area (Å²) in [5, 5.41) is 10.3. The summed E-state index contributed by atoms with van der Waals surface area (Å²) in [4.78, 5) is 3.76. The summed E-state index contributed by atoms with van der Waals surface area (Å²) < 4.78 is 18.4. The van der Waals surface area contributed by atoms with Gasteiger partial charge in [-0.1, -0.05) is 74.9 Å². The van der Waals surface area contributed by atoms with Crippen molar-refractivity contribution in [2.45, 2.75) is 144 Å². The standard InChI is InChI=1S/C22H28O2.C21H30O2.C7H8BN/c1-6-7-8-9-16-13-19(23-5)21-17-12-15(2)10-11-18(17)22(3,4)24-20(21)14-16;1-5-6-7-10-17-14-19(22)18-11-13-21(4,23-20(18)15-17)12-8-9-16(2)3;1-3-4-5-6-7-8-9-2/h10-14H,6-9H2,1-5H3;9,11,13-15,22H,5-8,10,12H2,1-4H3;7H2,1-2H3. The van der Waals surface area contributed by atoms with E-state index in [2.05, 4.69) is 133 Å². The molecule has 5 nitrogen and oxygen atoms in total. The van der Waals surface area contributed by atoms with E-state index in [9.17, 15) is 5.11 Å². The minimum atomic E-state index is -0.330. The average Bonchev–Trinajstić information content (AvgIpc) is 3.14. The van der Waals surface area contributed by atoms with Crippen molar-refractivity contribution in [2.24, 2.45) is 4.90 Å². The zero-order valence-corrected chi connectivity index (χ0v) is 36.2. The second-order valence-corrected chi connectivity index (χ2v) is 15.7. The van der Waals surface area contributed by atoms with E-state index in [0.29, 0.717) is 12.1 Å². The number of fused-ring (bicyclic) bond motifs is 4. The molecular weight excluding hydrogens is 689 g/mol. The summed E-state index contributed by atoms with van der Waals surface area (Å²) in [6, 6.07) is 15.0. The Bertz CT molecular complexity index is 1960. The Kier molecular flexibility index (Phi) is 18.6.